The third-order valence-electron chi connectivity index (χ3n) is 2.84. The first-order valence-corrected chi connectivity index (χ1v) is 6.06. The van der Waals surface area contributed by atoms with Crippen molar-refractivity contribution in [3.63, 3.8) is 0 Å². The third-order valence-corrected chi connectivity index (χ3v) is 2.84. The average Bonchev–Trinajstić information content (AvgIpc) is 2.37. The lowest BCUT2D eigenvalue weighted by molar-refractivity contribution is 0.214. The maximum Gasteiger partial charge on any atom is 0.119 e. The van der Waals surface area contributed by atoms with Gasteiger partial charge >= 0.3 is 0 Å². The van der Waals surface area contributed by atoms with Crippen LogP contribution in [0.15, 0.2) is 30.3 Å². The molecule has 0 spiro atoms. The standard InChI is InChI=1S/C13H20N2O/c1-2-5-13(6-3-1)16-12-4-9-15-10-7-14-8-11-15/h1-3,5-6,14H,4,7-12H2. The summed E-state index contributed by atoms with van der Waals surface area (Å²) in [5.74, 6) is 0.975. The summed E-state index contributed by atoms with van der Waals surface area (Å²) in [5.41, 5.74) is 0. The maximum atomic E-state index is 5.65. The van der Waals surface area contributed by atoms with Crippen LogP contribution in [0.3, 0.4) is 0 Å². The average molecular weight is 220 g/mol. The number of rotatable bonds is 5. The molecule has 1 aromatic carbocycles. The second kappa shape index (κ2) is 6.51. The Bertz CT molecular complexity index is 283. The summed E-state index contributed by atoms with van der Waals surface area (Å²) >= 11 is 0. The topological polar surface area (TPSA) is 24.5 Å². The van der Waals surface area contributed by atoms with Crippen LogP contribution in [0.1, 0.15) is 6.42 Å². The molecule has 3 heteroatoms. The van der Waals surface area contributed by atoms with Crippen molar-refractivity contribution in [3.05, 3.63) is 30.3 Å². The third kappa shape index (κ3) is 3.83. The summed E-state index contributed by atoms with van der Waals surface area (Å²) in [6, 6.07) is 10.0. The molecule has 0 aromatic heterocycles. The Hall–Kier alpha value is -1.06. The van der Waals surface area contributed by atoms with Crippen LogP contribution < -0.4 is 10.1 Å². The summed E-state index contributed by atoms with van der Waals surface area (Å²) in [4.78, 5) is 2.49. The molecular weight excluding hydrogens is 200 g/mol. The lowest BCUT2D eigenvalue weighted by Gasteiger charge is -2.26. The highest BCUT2D eigenvalue weighted by Gasteiger charge is 2.08. The summed E-state index contributed by atoms with van der Waals surface area (Å²) < 4.78 is 5.65. The summed E-state index contributed by atoms with van der Waals surface area (Å²) in [7, 11) is 0. The molecule has 0 saturated carbocycles. The van der Waals surface area contributed by atoms with Crippen molar-refractivity contribution in [1.82, 2.24) is 10.2 Å². The van der Waals surface area contributed by atoms with Gasteiger partial charge in [0.05, 0.1) is 6.61 Å². The fourth-order valence-electron chi connectivity index (χ4n) is 1.93. The molecule has 1 aliphatic rings. The fourth-order valence-corrected chi connectivity index (χ4v) is 1.93. The zero-order chi connectivity index (χ0) is 11.1. The monoisotopic (exact) mass is 220 g/mol. The van der Waals surface area contributed by atoms with E-state index in [1.165, 1.54) is 13.1 Å². The van der Waals surface area contributed by atoms with Crippen LogP contribution in [0.25, 0.3) is 0 Å². The Morgan fingerprint density at radius 2 is 1.88 bits per heavy atom. The van der Waals surface area contributed by atoms with Gasteiger partial charge in [-0.05, 0) is 18.6 Å². The first kappa shape index (κ1) is 11.4. The van der Waals surface area contributed by atoms with Gasteiger partial charge in [0.15, 0.2) is 0 Å². The highest BCUT2D eigenvalue weighted by atomic mass is 16.5. The van der Waals surface area contributed by atoms with E-state index in [1.807, 2.05) is 30.3 Å². The second-order valence-electron chi connectivity index (χ2n) is 4.11. The van der Waals surface area contributed by atoms with Gasteiger partial charge in [0, 0.05) is 32.7 Å². The van der Waals surface area contributed by atoms with Gasteiger partial charge < -0.3 is 15.0 Å². The van der Waals surface area contributed by atoms with E-state index in [0.717, 1.165) is 38.4 Å². The van der Waals surface area contributed by atoms with Gasteiger partial charge in [-0.25, -0.2) is 0 Å². The summed E-state index contributed by atoms with van der Waals surface area (Å²) in [6.07, 6.45) is 1.11. The van der Waals surface area contributed by atoms with Gasteiger partial charge in [-0.3, -0.25) is 0 Å². The Morgan fingerprint density at radius 3 is 2.62 bits per heavy atom. The van der Waals surface area contributed by atoms with Crippen LogP contribution in [0.2, 0.25) is 0 Å². The Labute approximate surface area is 97.4 Å². The van der Waals surface area contributed by atoms with Crippen LogP contribution in [-0.2, 0) is 0 Å². The van der Waals surface area contributed by atoms with Gasteiger partial charge in [-0.15, -0.1) is 0 Å². The van der Waals surface area contributed by atoms with E-state index in [-0.39, 0.29) is 0 Å². The van der Waals surface area contributed by atoms with Gasteiger partial charge in [0.1, 0.15) is 5.75 Å². The number of ether oxygens (including phenoxy) is 1. The minimum Gasteiger partial charge on any atom is -0.494 e. The van der Waals surface area contributed by atoms with E-state index in [0.29, 0.717) is 0 Å². The molecule has 1 aromatic rings. The predicted octanol–water partition coefficient (Wildman–Crippen LogP) is 1.36. The molecule has 1 aliphatic heterocycles. The number of benzene rings is 1. The predicted molar refractivity (Wildman–Crippen MR) is 65.9 cm³/mol. The van der Waals surface area contributed by atoms with Crippen molar-refractivity contribution in [2.24, 2.45) is 0 Å². The highest BCUT2D eigenvalue weighted by molar-refractivity contribution is 5.20. The van der Waals surface area contributed by atoms with E-state index < -0.39 is 0 Å². The molecular formula is C13H20N2O. The van der Waals surface area contributed by atoms with Crippen molar-refractivity contribution in [2.75, 3.05) is 39.3 Å². The lowest BCUT2D eigenvalue weighted by atomic mass is 10.3. The SMILES string of the molecule is c1ccc(OCCCN2CCNCC2)cc1. The smallest absolute Gasteiger partial charge is 0.119 e. The lowest BCUT2D eigenvalue weighted by Crippen LogP contribution is -2.43. The van der Waals surface area contributed by atoms with Gasteiger partial charge in [-0.2, -0.15) is 0 Å². The second-order valence-corrected chi connectivity index (χ2v) is 4.11. The molecule has 1 saturated heterocycles. The number of nitrogens with one attached hydrogen (secondary N) is 1. The molecule has 1 heterocycles. The molecule has 0 radical (unpaired) electrons. The highest BCUT2D eigenvalue weighted by Crippen LogP contribution is 2.08. The number of hydrogen-bond donors (Lipinski definition) is 1. The van der Waals surface area contributed by atoms with Gasteiger partial charge in [0.25, 0.3) is 0 Å². The molecule has 0 aliphatic carbocycles. The van der Waals surface area contributed by atoms with Crippen LogP contribution in [0, 0.1) is 0 Å². The van der Waals surface area contributed by atoms with E-state index in [4.69, 9.17) is 4.74 Å². The zero-order valence-electron chi connectivity index (χ0n) is 9.69. The van der Waals surface area contributed by atoms with Gasteiger partial charge in [-0.1, -0.05) is 18.2 Å². The quantitative estimate of drug-likeness (QED) is 0.758. The first-order chi connectivity index (χ1) is 7.95. The first-order valence-electron chi connectivity index (χ1n) is 6.06. The Kier molecular flexibility index (Phi) is 4.65. The largest absolute Gasteiger partial charge is 0.494 e. The van der Waals surface area contributed by atoms with Crippen molar-refractivity contribution < 1.29 is 4.74 Å². The van der Waals surface area contributed by atoms with Crippen LogP contribution in [-0.4, -0.2) is 44.2 Å². The minimum absolute atomic E-state index is 0.813. The summed E-state index contributed by atoms with van der Waals surface area (Å²) in [5, 5.41) is 3.36. The van der Waals surface area contributed by atoms with Crippen molar-refractivity contribution in [2.45, 2.75) is 6.42 Å². The normalized spacial score (nSPS) is 17.2. The van der Waals surface area contributed by atoms with Gasteiger partial charge in [0.2, 0.25) is 0 Å². The van der Waals surface area contributed by atoms with Crippen LogP contribution >= 0.6 is 0 Å². The molecule has 0 bridgehead atoms. The number of piperazine rings is 1. The van der Waals surface area contributed by atoms with Crippen LogP contribution in [0.5, 0.6) is 5.75 Å². The fraction of sp³-hybridized carbons (Fsp3) is 0.538. The minimum atomic E-state index is 0.813. The molecule has 1 fully saturated rings. The van der Waals surface area contributed by atoms with Crippen molar-refractivity contribution >= 4 is 0 Å². The van der Waals surface area contributed by atoms with E-state index in [2.05, 4.69) is 10.2 Å². The number of para-hydroxylation sites is 1. The van der Waals surface area contributed by atoms with Crippen molar-refractivity contribution in [3.8, 4) is 5.75 Å². The van der Waals surface area contributed by atoms with E-state index in [9.17, 15) is 0 Å². The van der Waals surface area contributed by atoms with Crippen LogP contribution in [0.4, 0.5) is 0 Å². The Morgan fingerprint density at radius 1 is 1.12 bits per heavy atom. The van der Waals surface area contributed by atoms with E-state index in [1.54, 1.807) is 0 Å². The van der Waals surface area contributed by atoms with E-state index >= 15 is 0 Å². The zero-order valence-corrected chi connectivity index (χ0v) is 9.69. The number of hydrogen-bond acceptors (Lipinski definition) is 3. The summed E-state index contributed by atoms with van der Waals surface area (Å²) in [6.45, 7) is 6.55. The molecule has 3 nitrogen and oxygen atoms in total. The molecule has 0 amide bonds. The van der Waals surface area contributed by atoms with Crippen molar-refractivity contribution in [1.29, 1.82) is 0 Å². The Balaban J connectivity index is 1.58. The molecule has 88 valence electrons. The molecule has 1 N–H and O–H groups in total. The number of nitrogens with zero attached hydrogens (tertiary/aromatic N) is 1. The maximum absolute atomic E-state index is 5.65. The molecule has 16 heavy (non-hydrogen) atoms. The molecule has 0 unspecified atom stereocenters. The molecule has 2 rings (SSSR count). The molecule has 0 atom stereocenters.